The number of ether oxygens (including phenoxy) is 1. The minimum atomic E-state index is -0.360. The second-order valence-electron chi connectivity index (χ2n) is 4.79. The van der Waals surface area contributed by atoms with Gasteiger partial charge in [0.15, 0.2) is 0 Å². The molecule has 0 radical (unpaired) electrons. The summed E-state index contributed by atoms with van der Waals surface area (Å²) in [6, 6.07) is 16.6. The van der Waals surface area contributed by atoms with Crippen LogP contribution in [0.25, 0.3) is 11.5 Å². The first-order valence-corrected chi connectivity index (χ1v) is 7.06. The van der Waals surface area contributed by atoms with Crippen LogP contribution in [0.2, 0.25) is 0 Å². The monoisotopic (exact) mass is 309 g/mol. The number of hydrogen-bond donors (Lipinski definition) is 1. The molecule has 0 saturated carbocycles. The van der Waals surface area contributed by atoms with E-state index in [0.717, 1.165) is 11.3 Å². The summed E-state index contributed by atoms with van der Waals surface area (Å²) in [6.45, 7) is 0.400. The number of nitrogens with zero attached hydrogens (tertiary/aromatic N) is 2. The minimum absolute atomic E-state index is 0.360. The van der Waals surface area contributed by atoms with Crippen LogP contribution in [0, 0.1) is 0 Å². The van der Waals surface area contributed by atoms with Crippen molar-refractivity contribution in [3.63, 3.8) is 0 Å². The summed E-state index contributed by atoms with van der Waals surface area (Å²) < 4.78 is 10.3. The average molecular weight is 309 g/mol. The van der Waals surface area contributed by atoms with Crippen molar-refractivity contribution in [2.24, 2.45) is 0 Å². The molecule has 0 aliphatic carbocycles. The van der Waals surface area contributed by atoms with Gasteiger partial charge in [-0.25, -0.2) is 4.79 Å². The summed E-state index contributed by atoms with van der Waals surface area (Å²) in [6.07, 6.45) is 0. The lowest BCUT2D eigenvalue weighted by Crippen LogP contribution is -2.02. The first-order valence-electron chi connectivity index (χ1n) is 7.06. The van der Waals surface area contributed by atoms with Crippen molar-refractivity contribution >= 4 is 11.7 Å². The fourth-order valence-corrected chi connectivity index (χ4v) is 2.04. The molecule has 1 aromatic heterocycles. The van der Waals surface area contributed by atoms with Crippen LogP contribution >= 0.6 is 0 Å². The van der Waals surface area contributed by atoms with E-state index < -0.39 is 0 Å². The molecule has 0 aliphatic heterocycles. The van der Waals surface area contributed by atoms with Gasteiger partial charge < -0.3 is 14.5 Å². The minimum Gasteiger partial charge on any atom is -0.465 e. The third-order valence-corrected chi connectivity index (χ3v) is 3.24. The van der Waals surface area contributed by atoms with Gasteiger partial charge in [0.1, 0.15) is 0 Å². The maximum Gasteiger partial charge on any atom is 0.337 e. The molecule has 0 atom stereocenters. The number of carbonyl (C=O) groups excluding carboxylic acids is 1. The third-order valence-electron chi connectivity index (χ3n) is 3.24. The molecular weight excluding hydrogens is 294 g/mol. The lowest BCUT2D eigenvalue weighted by Gasteiger charge is -2.04. The Kier molecular flexibility index (Phi) is 4.33. The lowest BCUT2D eigenvalue weighted by molar-refractivity contribution is 0.0601. The Morgan fingerprint density at radius 2 is 1.83 bits per heavy atom. The summed E-state index contributed by atoms with van der Waals surface area (Å²) >= 11 is 0. The second kappa shape index (κ2) is 6.74. The van der Waals surface area contributed by atoms with E-state index in [9.17, 15) is 4.79 Å². The van der Waals surface area contributed by atoms with Crippen LogP contribution in [0.3, 0.4) is 0 Å². The van der Waals surface area contributed by atoms with Crippen LogP contribution < -0.4 is 5.32 Å². The van der Waals surface area contributed by atoms with Gasteiger partial charge in [-0.3, -0.25) is 0 Å². The first-order chi connectivity index (χ1) is 11.3. The van der Waals surface area contributed by atoms with Gasteiger partial charge in [0.05, 0.1) is 19.2 Å². The summed E-state index contributed by atoms with van der Waals surface area (Å²) in [4.78, 5) is 11.4. The van der Waals surface area contributed by atoms with Crippen molar-refractivity contribution < 1.29 is 13.9 Å². The summed E-state index contributed by atoms with van der Waals surface area (Å²) in [5, 5.41) is 11.2. The molecule has 0 aliphatic rings. The molecule has 3 rings (SSSR count). The molecule has 0 spiro atoms. The predicted molar refractivity (Wildman–Crippen MR) is 84.8 cm³/mol. The van der Waals surface area contributed by atoms with Crippen LogP contribution in [0.5, 0.6) is 0 Å². The Labute approximate surface area is 133 Å². The Morgan fingerprint density at radius 1 is 1.09 bits per heavy atom. The molecular formula is C17H15N3O3. The highest BCUT2D eigenvalue weighted by atomic mass is 16.5. The van der Waals surface area contributed by atoms with Crippen LogP contribution in [0.1, 0.15) is 16.2 Å². The highest BCUT2D eigenvalue weighted by Gasteiger charge is 2.08. The van der Waals surface area contributed by atoms with Crippen molar-refractivity contribution in [1.29, 1.82) is 0 Å². The molecule has 2 aromatic carbocycles. The molecule has 1 N–H and O–H groups in total. The quantitative estimate of drug-likeness (QED) is 0.730. The maximum atomic E-state index is 11.4. The van der Waals surface area contributed by atoms with E-state index in [-0.39, 0.29) is 5.97 Å². The molecule has 0 fully saturated rings. The van der Waals surface area contributed by atoms with E-state index in [1.807, 2.05) is 30.3 Å². The second-order valence-corrected chi connectivity index (χ2v) is 4.79. The van der Waals surface area contributed by atoms with E-state index in [1.54, 1.807) is 24.3 Å². The Bertz CT molecular complexity index is 782. The maximum absolute atomic E-state index is 11.4. The van der Waals surface area contributed by atoms with Crippen LogP contribution in [0.15, 0.2) is 59.0 Å². The van der Waals surface area contributed by atoms with Crippen molar-refractivity contribution in [2.75, 3.05) is 12.4 Å². The van der Waals surface area contributed by atoms with Gasteiger partial charge in [-0.2, -0.15) is 0 Å². The fraction of sp³-hybridized carbons (Fsp3) is 0.118. The number of benzene rings is 2. The number of rotatable bonds is 5. The van der Waals surface area contributed by atoms with E-state index in [2.05, 4.69) is 20.3 Å². The zero-order valence-electron chi connectivity index (χ0n) is 12.5. The number of hydrogen-bond acceptors (Lipinski definition) is 6. The molecule has 0 bridgehead atoms. The zero-order chi connectivity index (χ0) is 16.1. The molecule has 1 heterocycles. The fourth-order valence-electron chi connectivity index (χ4n) is 2.04. The van der Waals surface area contributed by atoms with Crippen LogP contribution in [-0.2, 0) is 11.3 Å². The molecule has 116 valence electrons. The van der Waals surface area contributed by atoms with Gasteiger partial charge in [0.25, 0.3) is 0 Å². The van der Waals surface area contributed by atoms with Crippen molar-refractivity contribution in [1.82, 2.24) is 10.2 Å². The first kappa shape index (κ1) is 14.8. The number of esters is 1. The molecule has 0 unspecified atom stereocenters. The Morgan fingerprint density at radius 3 is 2.52 bits per heavy atom. The van der Waals surface area contributed by atoms with Gasteiger partial charge in [-0.05, 0) is 36.4 Å². The summed E-state index contributed by atoms with van der Waals surface area (Å²) in [7, 11) is 1.36. The Balaban J connectivity index is 1.63. The topological polar surface area (TPSA) is 77.2 Å². The number of anilines is 1. The number of aromatic nitrogens is 2. The standard InChI is InChI=1S/C17H15N3O3/c1-22-17(21)13-7-9-14(10-8-13)18-11-15-19-20-16(23-15)12-5-3-2-4-6-12/h2-10,18H,11H2,1H3. The van der Waals surface area contributed by atoms with Gasteiger partial charge in [-0.15, -0.1) is 10.2 Å². The Hall–Kier alpha value is -3.15. The molecule has 6 heteroatoms. The van der Waals surface area contributed by atoms with Crippen LogP contribution in [-0.4, -0.2) is 23.3 Å². The van der Waals surface area contributed by atoms with Gasteiger partial charge >= 0.3 is 5.97 Å². The van der Waals surface area contributed by atoms with Crippen molar-refractivity contribution in [3.8, 4) is 11.5 Å². The van der Waals surface area contributed by atoms with Crippen molar-refractivity contribution in [3.05, 3.63) is 66.1 Å². The molecule has 23 heavy (non-hydrogen) atoms. The zero-order valence-corrected chi connectivity index (χ0v) is 12.5. The molecule has 0 saturated heterocycles. The molecule has 3 aromatic rings. The largest absolute Gasteiger partial charge is 0.465 e. The normalized spacial score (nSPS) is 10.3. The molecule has 6 nitrogen and oxygen atoms in total. The number of carbonyl (C=O) groups is 1. The van der Waals surface area contributed by atoms with Crippen molar-refractivity contribution in [2.45, 2.75) is 6.54 Å². The lowest BCUT2D eigenvalue weighted by atomic mass is 10.2. The van der Waals surface area contributed by atoms with Crippen LogP contribution in [0.4, 0.5) is 5.69 Å². The van der Waals surface area contributed by atoms with E-state index in [4.69, 9.17) is 4.42 Å². The highest BCUT2D eigenvalue weighted by Crippen LogP contribution is 2.18. The van der Waals surface area contributed by atoms with E-state index in [0.29, 0.717) is 23.9 Å². The molecule has 0 amide bonds. The summed E-state index contributed by atoms with van der Waals surface area (Å²) in [5.74, 6) is 0.616. The van der Waals surface area contributed by atoms with Gasteiger partial charge in [0, 0.05) is 11.3 Å². The van der Waals surface area contributed by atoms with E-state index >= 15 is 0 Å². The van der Waals surface area contributed by atoms with Gasteiger partial charge in [0.2, 0.25) is 11.8 Å². The SMILES string of the molecule is COC(=O)c1ccc(NCc2nnc(-c3ccccc3)o2)cc1. The number of nitrogens with one attached hydrogen (secondary N) is 1. The van der Waals surface area contributed by atoms with E-state index in [1.165, 1.54) is 7.11 Å². The predicted octanol–water partition coefficient (Wildman–Crippen LogP) is 3.14. The third kappa shape index (κ3) is 3.55. The number of methoxy groups -OCH3 is 1. The van der Waals surface area contributed by atoms with Gasteiger partial charge in [-0.1, -0.05) is 18.2 Å². The summed E-state index contributed by atoms with van der Waals surface area (Å²) in [5.41, 5.74) is 2.23. The average Bonchev–Trinajstić information content (AvgIpc) is 3.09. The smallest absolute Gasteiger partial charge is 0.337 e. The highest BCUT2D eigenvalue weighted by molar-refractivity contribution is 5.89.